The molecule has 8 nitrogen and oxygen atoms in total. The van der Waals surface area contributed by atoms with Gasteiger partial charge in [0.1, 0.15) is 5.75 Å². The van der Waals surface area contributed by atoms with Crippen molar-refractivity contribution in [2.45, 2.75) is 6.18 Å². The van der Waals surface area contributed by atoms with Crippen molar-refractivity contribution in [3.05, 3.63) is 42.2 Å². The Hall–Kier alpha value is -3.37. The van der Waals surface area contributed by atoms with E-state index >= 15 is 0 Å². The number of aromatic nitrogens is 5. The second-order valence-corrected chi connectivity index (χ2v) is 5.28. The Labute approximate surface area is 145 Å². The summed E-state index contributed by atoms with van der Waals surface area (Å²) in [5, 5.41) is 3.61. The van der Waals surface area contributed by atoms with Gasteiger partial charge in [-0.2, -0.15) is 18.3 Å². The molecule has 1 amide bonds. The van der Waals surface area contributed by atoms with Crippen LogP contribution in [-0.2, 0) is 13.2 Å². The zero-order chi connectivity index (χ0) is 19.1. The number of rotatable bonds is 4. The molecule has 0 aliphatic rings. The molecule has 0 saturated heterocycles. The van der Waals surface area contributed by atoms with Gasteiger partial charge in [-0.25, -0.2) is 14.6 Å². The largest absolute Gasteiger partial charge is 0.495 e. The monoisotopic (exact) mass is 366 g/mol. The molecule has 0 aliphatic heterocycles. The molecule has 3 rings (SSSR count). The van der Waals surface area contributed by atoms with E-state index in [1.165, 1.54) is 37.2 Å². The lowest BCUT2D eigenvalue weighted by molar-refractivity contribution is -0.140. The van der Waals surface area contributed by atoms with E-state index in [0.29, 0.717) is 5.75 Å². The third-order valence-corrected chi connectivity index (χ3v) is 3.66. The van der Waals surface area contributed by atoms with Crippen LogP contribution in [0, 0.1) is 0 Å². The van der Waals surface area contributed by atoms with Crippen LogP contribution in [0.1, 0.15) is 16.3 Å². The van der Waals surface area contributed by atoms with Crippen molar-refractivity contribution >= 4 is 5.91 Å². The number of nitrogens with two attached hydrogens (primary N) is 1. The number of ether oxygens (including phenoxy) is 1. The lowest BCUT2D eigenvalue weighted by Crippen LogP contribution is -2.17. The average molecular weight is 366 g/mol. The topological polar surface area (TPSA) is 101 Å². The van der Waals surface area contributed by atoms with E-state index in [-0.39, 0.29) is 22.9 Å². The quantitative estimate of drug-likeness (QED) is 0.759. The number of primary amides is 1. The van der Waals surface area contributed by atoms with Crippen molar-refractivity contribution in [2.75, 3.05) is 7.11 Å². The molecular weight excluding hydrogens is 353 g/mol. The van der Waals surface area contributed by atoms with Crippen LogP contribution >= 0.6 is 0 Å². The van der Waals surface area contributed by atoms with Crippen molar-refractivity contribution in [3.63, 3.8) is 0 Å². The fourth-order valence-corrected chi connectivity index (χ4v) is 2.41. The third-order valence-electron chi connectivity index (χ3n) is 3.66. The van der Waals surface area contributed by atoms with Crippen LogP contribution < -0.4 is 10.5 Å². The molecule has 0 radical (unpaired) electrons. The van der Waals surface area contributed by atoms with Gasteiger partial charge in [0.05, 0.1) is 30.8 Å². The van der Waals surface area contributed by atoms with E-state index < -0.39 is 17.8 Å². The standard InChI is InChI=1S/C15H13F3N6O2/c1-23-10(6-21-14(23)13(19)25)9-7-24(22-12(9)15(16,17)18)11-4-3-8(26-2)5-20-11/h3-7H,1-2H3,(H2,19,25). The highest BCUT2D eigenvalue weighted by Gasteiger charge is 2.38. The summed E-state index contributed by atoms with van der Waals surface area (Å²) in [6.45, 7) is 0. The fraction of sp³-hybridized carbons (Fsp3) is 0.200. The molecule has 26 heavy (non-hydrogen) atoms. The molecule has 136 valence electrons. The highest BCUT2D eigenvalue weighted by atomic mass is 19.4. The van der Waals surface area contributed by atoms with Gasteiger partial charge >= 0.3 is 6.18 Å². The van der Waals surface area contributed by atoms with E-state index in [1.54, 1.807) is 6.07 Å². The summed E-state index contributed by atoms with van der Waals surface area (Å²) in [4.78, 5) is 19.1. The molecule has 0 fully saturated rings. The molecule has 0 aromatic carbocycles. The minimum atomic E-state index is -4.72. The lowest BCUT2D eigenvalue weighted by atomic mass is 10.2. The zero-order valence-electron chi connectivity index (χ0n) is 13.7. The molecular formula is C15H13F3N6O2. The number of nitrogens with zero attached hydrogens (tertiary/aromatic N) is 5. The number of amides is 1. The molecule has 0 aliphatic carbocycles. The van der Waals surface area contributed by atoms with Crippen LogP contribution in [0.2, 0.25) is 0 Å². The zero-order valence-corrected chi connectivity index (χ0v) is 13.7. The summed E-state index contributed by atoms with van der Waals surface area (Å²) in [6, 6.07) is 3.01. The number of methoxy groups -OCH3 is 1. The van der Waals surface area contributed by atoms with Gasteiger partial charge in [-0.15, -0.1) is 0 Å². The number of hydrogen-bond acceptors (Lipinski definition) is 5. The van der Waals surface area contributed by atoms with E-state index in [4.69, 9.17) is 10.5 Å². The van der Waals surface area contributed by atoms with E-state index in [9.17, 15) is 18.0 Å². The molecule has 0 bridgehead atoms. The molecule has 0 unspecified atom stereocenters. The van der Waals surface area contributed by atoms with E-state index in [0.717, 1.165) is 10.9 Å². The van der Waals surface area contributed by atoms with Crippen LogP contribution in [0.3, 0.4) is 0 Å². The van der Waals surface area contributed by atoms with Crippen molar-refractivity contribution < 1.29 is 22.7 Å². The van der Waals surface area contributed by atoms with Gasteiger partial charge in [0.25, 0.3) is 5.91 Å². The van der Waals surface area contributed by atoms with Crippen molar-refractivity contribution in [3.8, 4) is 22.8 Å². The Bertz CT molecular complexity index is 959. The minimum absolute atomic E-state index is 0.0471. The van der Waals surface area contributed by atoms with Gasteiger partial charge in [0, 0.05) is 13.2 Å². The number of carbonyl (C=O) groups is 1. The fourth-order valence-electron chi connectivity index (χ4n) is 2.41. The highest BCUT2D eigenvalue weighted by molar-refractivity contribution is 5.90. The molecule has 3 aromatic heterocycles. The van der Waals surface area contributed by atoms with Gasteiger partial charge in [-0.3, -0.25) is 4.79 Å². The first kappa shape index (κ1) is 17.5. The van der Waals surface area contributed by atoms with E-state index in [2.05, 4.69) is 15.1 Å². The maximum absolute atomic E-state index is 13.4. The summed E-state index contributed by atoms with van der Waals surface area (Å²) in [7, 11) is 2.84. The summed E-state index contributed by atoms with van der Waals surface area (Å²) >= 11 is 0. The summed E-state index contributed by atoms with van der Waals surface area (Å²) in [5.74, 6) is -0.394. The van der Waals surface area contributed by atoms with Crippen LogP contribution in [0.4, 0.5) is 13.2 Å². The van der Waals surface area contributed by atoms with Crippen LogP contribution in [0.15, 0.2) is 30.7 Å². The molecule has 3 heterocycles. The highest BCUT2D eigenvalue weighted by Crippen LogP contribution is 2.36. The third kappa shape index (κ3) is 2.98. The Morgan fingerprint density at radius 3 is 2.46 bits per heavy atom. The lowest BCUT2D eigenvalue weighted by Gasteiger charge is -2.07. The van der Waals surface area contributed by atoms with Gasteiger partial charge in [0.2, 0.25) is 0 Å². The van der Waals surface area contributed by atoms with Crippen LogP contribution in [0.25, 0.3) is 17.1 Å². The normalized spacial score (nSPS) is 11.6. The van der Waals surface area contributed by atoms with Gasteiger partial charge < -0.3 is 15.0 Å². The predicted octanol–water partition coefficient (Wildman–Crippen LogP) is 1.79. The van der Waals surface area contributed by atoms with E-state index in [1.807, 2.05) is 0 Å². The van der Waals surface area contributed by atoms with Crippen molar-refractivity contribution in [1.29, 1.82) is 0 Å². The maximum Gasteiger partial charge on any atom is 0.435 e. The predicted molar refractivity (Wildman–Crippen MR) is 83.6 cm³/mol. The van der Waals surface area contributed by atoms with Gasteiger partial charge in [0.15, 0.2) is 17.3 Å². The smallest absolute Gasteiger partial charge is 0.435 e. The molecule has 0 atom stereocenters. The number of hydrogen-bond donors (Lipinski definition) is 1. The SMILES string of the molecule is COc1ccc(-n2cc(-c3cnc(C(N)=O)n3C)c(C(F)(F)F)n2)nc1. The molecule has 0 saturated carbocycles. The number of carbonyl (C=O) groups excluding carboxylic acids is 1. The van der Waals surface area contributed by atoms with Gasteiger partial charge in [-0.05, 0) is 12.1 Å². The molecule has 11 heteroatoms. The first-order valence-electron chi connectivity index (χ1n) is 7.21. The summed E-state index contributed by atoms with van der Waals surface area (Å²) < 4.78 is 47.5. The van der Waals surface area contributed by atoms with Crippen molar-refractivity contribution in [2.24, 2.45) is 12.8 Å². The van der Waals surface area contributed by atoms with Crippen LogP contribution in [0.5, 0.6) is 5.75 Å². The van der Waals surface area contributed by atoms with Gasteiger partial charge in [-0.1, -0.05) is 0 Å². The average Bonchev–Trinajstić information content (AvgIpc) is 3.18. The number of imidazole rings is 1. The summed E-state index contributed by atoms with van der Waals surface area (Å²) in [6.07, 6.45) is -1.05. The summed E-state index contributed by atoms with van der Waals surface area (Å²) in [5.41, 5.74) is 3.83. The van der Waals surface area contributed by atoms with Crippen molar-refractivity contribution in [1.82, 2.24) is 24.3 Å². The first-order chi connectivity index (χ1) is 12.2. The molecule has 0 spiro atoms. The second-order valence-electron chi connectivity index (χ2n) is 5.28. The Kier molecular flexibility index (Phi) is 4.14. The number of alkyl halides is 3. The Morgan fingerprint density at radius 1 is 1.23 bits per heavy atom. The Balaban J connectivity index is 2.15. The second kappa shape index (κ2) is 6.17. The van der Waals surface area contributed by atoms with Crippen LogP contribution in [-0.4, -0.2) is 37.3 Å². The first-order valence-corrected chi connectivity index (χ1v) is 7.21. The number of pyridine rings is 1. The molecule has 3 aromatic rings. The Morgan fingerprint density at radius 2 is 1.96 bits per heavy atom. The number of halogens is 3. The minimum Gasteiger partial charge on any atom is -0.495 e. The maximum atomic E-state index is 13.4. The molecule has 2 N–H and O–H groups in total.